The van der Waals surface area contributed by atoms with Crippen molar-refractivity contribution in [2.24, 2.45) is 0 Å². The summed E-state index contributed by atoms with van der Waals surface area (Å²) >= 11 is 2.22. The Labute approximate surface area is 147 Å². The highest BCUT2D eigenvalue weighted by atomic mass is 127. The van der Waals surface area contributed by atoms with E-state index in [-0.39, 0.29) is 11.5 Å². The van der Waals surface area contributed by atoms with Gasteiger partial charge in [0.2, 0.25) is 5.91 Å². The van der Waals surface area contributed by atoms with Crippen LogP contribution in [0.15, 0.2) is 36.4 Å². The number of rotatable bonds is 3. The second-order valence-corrected chi connectivity index (χ2v) is 7.00. The van der Waals surface area contributed by atoms with Gasteiger partial charge in [0.15, 0.2) is 0 Å². The number of nitrogens with one attached hydrogen (secondary N) is 1. The van der Waals surface area contributed by atoms with Crippen LogP contribution < -0.4 is 5.32 Å². The van der Waals surface area contributed by atoms with Gasteiger partial charge < -0.3 is 5.32 Å². The molecule has 3 nitrogen and oxygen atoms in total. The molecule has 1 aliphatic carbocycles. The van der Waals surface area contributed by atoms with Gasteiger partial charge in [0, 0.05) is 9.26 Å². The predicted molar refractivity (Wildman–Crippen MR) is 94.6 cm³/mol. The summed E-state index contributed by atoms with van der Waals surface area (Å²) in [6.07, 6.45) is 1.33. The average molecular weight is 420 g/mol. The number of hydrogen-bond acceptors (Lipinski definition) is 2. The largest absolute Gasteiger partial charge is 0.325 e. The van der Waals surface area contributed by atoms with Gasteiger partial charge in [0.1, 0.15) is 5.82 Å². The van der Waals surface area contributed by atoms with Gasteiger partial charge in [-0.2, -0.15) is 5.26 Å². The van der Waals surface area contributed by atoms with E-state index in [4.69, 9.17) is 5.26 Å². The number of nitriles is 1. The maximum atomic E-state index is 13.7. The van der Waals surface area contributed by atoms with Crippen LogP contribution in [-0.4, -0.2) is 5.91 Å². The van der Waals surface area contributed by atoms with E-state index in [2.05, 4.69) is 27.9 Å². The number of amides is 1. The number of aryl methyl sites for hydroxylation is 1. The molecule has 0 aliphatic heterocycles. The Bertz CT molecular complexity index is 837. The zero-order valence-corrected chi connectivity index (χ0v) is 14.6. The summed E-state index contributed by atoms with van der Waals surface area (Å²) in [5.41, 5.74) is 1.98. The highest BCUT2D eigenvalue weighted by Gasteiger charge is 2.51. The Kier molecular flexibility index (Phi) is 4.11. The lowest BCUT2D eigenvalue weighted by Crippen LogP contribution is -2.28. The Balaban J connectivity index is 1.88. The van der Waals surface area contributed by atoms with E-state index in [0.717, 1.165) is 14.8 Å². The Morgan fingerprint density at radius 2 is 2.04 bits per heavy atom. The summed E-state index contributed by atoms with van der Waals surface area (Å²) < 4.78 is 14.7. The first-order chi connectivity index (χ1) is 10.9. The number of carbonyl (C=O) groups excluding carboxylic acids is 1. The zero-order valence-electron chi connectivity index (χ0n) is 12.5. The third-order valence-corrected chi connectivity index (χ3v) is 5.36. The molecule has 1 aliphatic rings. The summed E-state index contributed by atoms with van der Waals surface area (Å²) in [5.74, 6) is -0.630. The maximum absolute atomic E-state index is 13.7. The second kappa shape index (κ2) is 5.93. The van der Waals surface area contributed by atoms with Gasteiger partial charge in [-0.05, 0) is 83.8 Å². The molecule has 116 valence electrons. The van der Waals surface area contributed by atoms with E-state index in [1.807, 2.05) is 31.2 Å². The SMILES string of the molecule is Cc1ccc(NC(=O)C2(c3cc(F)cc(C#N)c3)CC2)cc1I. The molecule has 0 spiro atoms. The highest BCUT2D eigenvalue weighted by molar-refractivity contribution is 14.1. The smallest absolute Gasteiger partial charge is 0.235 e. The number of benzene rings is 2. The molecule has 0 heterocycles. The molecule has 1 saturated carbocycles. The van der Waals surface area contributed by atoms with E-state index in [1.54, 1.807) is 6.07 Å². The van der Waals surface area contributed by atoms with Crippen molar-refractivity contribution in [3.63, 3.8) is 0 Å². The topological polar surface area (TPSA) is 52.9 Å². The third kappa shape index (κ3) is 3.08. The molecule has 0 atom stereocenters. The summed E-state index contributed by atoms with van der Waals surface area (Å²) in [5, 5.41) is 11.9. The number of carbonyl (C=O) groups is 1. The van der Waals surface area contributed by atoms with Crippen molar-refractivity contribution in [3.8, 4) is 6.07 Å². The quantitative estimate of drug-likeness (QED) is 0.754. The molecule has 23 heavy (non-hydrogen) atoms. The minimum Gasteiger partial charge on any atom is -0.325 e. The number of hydrogen-bond donors (Lipinski definition) is 1. The van der Waals surface area contributed by atoms with Crippen LogP contribution in [-0.2, 0) is 10.2 Å². The number of nitrogens with zero attached hydrogens (tertiary/aromatic N) is 1. The summed E-state index contributed by atoms with van der Waals surface area (Å²) in [4.78, 5) is 12.7. The standard InChI is InChI=1S/C18H14FIN2O/c1-11-2-3-15(9-16(11)20)22-17(23)18(4-5-18)13-6-12(10-21)7-14(19)8-13/h2-3,6-9H,4-5H2,1H3,(H,22,23). The Morgan fingerprint density at radius 3 is 2.65 bits per heavy atom. The first-order valence-corrected chi connectivity index (χ1v) is 8.31. The van der Waals surface area contributed by atoms with Gasteiger partial charge in [-0.1, -0.05) is 6.07 Å². The summed E-state index contributed by atoms with van der Waals surface area (Å²) in [6.45, 7) is 2.01. The summed E-state index contributed by atoms with van der Waals surface area (Å²) in [7, 11) is 0. The van der Waals surface area contributed by atoms with Crippen LogP contribution in [0.4, 0.5) is 10.1 Å². The van der Waals surface area contributed by atoms with E-state index in [1.165, 1.54) is 12.1 Å². The van der Waals surface area contributed by atoms with Crippen LogP contribution in [0.3, 0.4) is 0 Å². The van der Waals surface area contributed by atoms with Crippen molar-refractivity contribution in [2.75, 3.05) is 5.32 Å². The van der Waals surface area contributed by atoms with E-state index >= 15 is 0 Å². The molecule has 1 fully saturated rings. The van der Waals surface area contributed by atoms with Gasteiger partial charge >= 0.3 is 0 Å². The van der Waals surface area contributed by atoms with Crippen molar-refractivity contribution in [3.05, 3.63) is 62.5 Å². The van der Waals surface area contributed by atoms with Gasteiger partial charge in [-0.3, -0.25) is 4.79 Å². The van der Waals surface area contributed by atoms with E-state index in [0.29, 0.717) is 18.4 Å². The number of anilines is 1. The van der Waals surface area contributed by atoms with Gasteiger partial charge in [0.25, 0.3) is 0 Å². The molecule has 0 unspecified atom stereocenters. The fraction of sp³-hybridized carbons (Fsp3) is 0.222. The van der Waals surface area contributed by atoms with Gasteiger partial charge in [-0.15, -0.1) is 0 Å². The second-order valence-electron chi connectivity index (χ2n) is 5.84. The van der Waals surface area contributed by atoms with Crippen molar-refractivity contribution in [1.82, 2.24) is 0 Å². The van der Waals surface area contributed by atoms with Crippen LogP contribution in [0.1, 0.15) is 29.5 Å². The first kappa shape index (κ1) is 15.9. The molecular formula is C18H14FIN2O. The molecule has 0 saturated heterocycles. The van der Waals surface area contributed by atoms with Crippen molar-refractivity contribution in [1.29, 1.82) is 5.26 Å². The normalized spacial score (nSPS) is 14.9. The molecule has 0 radical (unpaired) electrons. The fourth-order valence-electron chi connectivity index (χ4n) is 2.62. The third-order valence-electron chi connectivity index (χ3n) is 4.19. The minimum absolute atomic E-state index is 0.147. The Hall–Kier alpha value is -1.94. The van der Waals surface area contributed by atoms with Crippen LogP contribution in [0.25, 0.3) is 0 Å². The van der Waals surface area contributed by atoms with Crippen molar-refractivity contribution in [2.45, 2.75) is 25.2 Å². The lowest BCUT2D eigenvalue weighted by molar-refractivity contribution is -0.118. The van der Waals surface area contributed by atoms with Crippen LogP contribution in [0.2, 0.25) is 0 Å². The lowest BCUT2D eigenvalue weighted by atomic mass is 9.93. The zero-order chi connectivity index (χ0) is 16.6. The molecule has 2 aromatic rings. The lowest BCUT2D eigenvalue weighted by Gasteiger charge is -2.16. The van der Waals surface area contributed by atoms with E-state index in [9.17, 15) is 9.18 Å². The van der Waals surface area contributed by atoms with Crippen molar-refractivity contribution < 1.29 is 9.18 Å². The summed E-state index contributed by atoms with van der Waals surface area (Å²) in [6, 6.07) is 11.8. The van der Waals surface area contributed by atoms with Gasteiger partial charge in [0.05, 0.1) is 17.0 Å². The molecular weight excluding hydrogens is 406 g/mol. The molecule has 0 aromatic heterocycles. The molecule has 1 N–H and O–H groups in total. The molecule has 1 amide bonds. The highest BCUT2D eigenvalue weighted by Crippen LogP contribution is 2.49. The van der Waals surface area contributed by atoms with Gasteiger partial charge in [-0.25, -0.2) is 4.39 Å². The molecule has 3 rings (SSSR count). The maximum Gasteiger partial charge on any atom is 0.235 e. The fourth-order valence-corrected chi connectivity index (χ4v) is 3.14. The molecule has 0 bridgehead atoms. The van der Waals surface area contributed by atoms with Crippen LogP contribution in [0, 0.1) is 27.6 Å². The van der Waals surface area contributed by atoms with Crippen LogP contribution in [0.5, 0.6) is 0 Å². The van der Waals surface area contributed by atoms with E-state index < -0.39 is 11.2 Å². The van der Waals surface area contributed by atoms with Crippen molar-refractivity contribution >= 4 is 34.2 Å². The monoisotopic (exact) mass is 420 g/mol. The first-order valence-electron chi connectivity index (χ1n) is 7.23. The molecule has 2 aromatic carbocycles. The number of halogens is 2. The predicted octanol–water partition coefficient (Wildman–Crippen LogP) is 4.28. The average Bonchev–Trinajstić information content (AvgIpc) is 3.32. The minimum atomic E-state index is -0.718. The van der Waals surface area contributed by atoms with Crippen LogP contribution >= 0.6 is 22.6 Å². The molecule has 5 heteroatoms. The Morgan fingerprint density at radius 1 is 1.30 bits per heavy atom.